The number of hydrogen-bond donors (Lipinski definition) is 0. The molecule has 1 heterocycles. The molecular weight excluding hydrogens is 298 g/mol. The monoisotopic (exact) mass is 319 g/mol. The van der Waals surface area contributed by atoms with Crippen LogP contribution in [0.15, 0.2) is 42.5 Å². The molecule has 6 nitrogen and oxygen atoms in total. The van der Waals surface area contributed by atoms with Crippen molar-refractivity contribution in [2.75, 3.05) is 13.7 Å². The molecule has 1 amide bonds. The van der Waals surface area contributed by atoms with Gasteiger partial charge in [-0.2, -0.15) is 0 Å². The van der Waals surface area contributed by atoms with Crippen LogP contribution >= 0.6 is 0 Å². The van der Waals surface area contributed by atoms with Crippen molar-refractivity contribution < 1.29 is 23.8 Å². The Morgan fingerprint density at radius 3 is 2.70 bits per heavy atom. The summed E-state index contributed by atoms with van der Waals surface area (Å²) in [6.07, 6.45) is 2.38. The summed E-state index contributed by atoms with van der Waals surface area (Å²) >= 11 is 0. The Morgan fingerprint density at radius 1 is 1.35 bits per heavy atom. The fourth-order valence-electron chi connectivity index (χ4n) is 2.38. The van der Waals surface area contributed by atoms with E-state index in [0.29, 0.717) is 6.61 Å². The molecule has 0 bridgehead atoms. The molecule has 6 heteroatoms. The molecule has 2 rings (SSSR count). The van der Waals surface area contributed by atoms with Crippen molar-refractivity contribution in [3.8, 4) is 0 Å². The molecule has 1 aliphatic heterocycles. The van der Waals surface area contributed by atoms with Crippen LogP contribution in [0.1, 0.15) is 19.4 Å². The third kappa shape index (κ3) is 4.32. The van der Waals surface area contributed by atoms with Gasteiger partial charge < -0.3 is 14.2 Å². The molecule has 1 atom stereocenters. The maximum Gasteiger partial charge on any atom is 0.412 e. The second-order valence-corrected chi connectivity index (χ2v) is 5.62. The summed E-state index contributed by atoms with van der Waals surface area (Å²) in [6, 6.07) is 9.05. The Labute approximate surface area is 135 Å². The highest BCUT2D eigenvalue weighted by Crippen LogP contribution is 2.29. The van der Waals surface area contributed by atoms with Gasteiger partial charge in [0, 0.05) is 6.08 Å². The van der Waals surface area contributed by atoms with Crippen LogP contribution in [0, 0.1) is 0 Å². The summed E-state index contributed by atoms with van der Waals surface area (Å²) in [5.41, 5.74) is 0.0965. The number of benzene rings is 1. The second kappa shape index (κ2) is 7.28. The predicted octanol–water partition coefficient (Wildman–Crippen LogP) is 2.49. The van der Waals surface area contributed by atoms with Gasteiger partial charge in [-0.05, 0) is 19.4 Å². The maximum atomic E-state index is 12.4. The average Bonchev–Trinajstić information content (AvgIpc) is 2.86. The Balaban J connectivity index is 2.04. The Hall–Kier alpha value is -2.34. The summed E-state index contributed by atoms with van der Waals surface area (Å²) < 4.78 is 15.6. The molecule has 1 aliphatic rings. The van der Waals surface area contributed by atoms with Crippen LogP contribution < -0.4 is 0 Å². The van der Waals surface area contributed by atoms with Crippen molar-refractivity contribution in [1.82, 2.24) is 4.90 Å². The lowest BCUT2D eigenvalue weighted by Crippen LogP contribution is -2.47. The molecule has 1 aromatic rings. The van der Waals surface area contributed by atoms with E-state index in [9.17, 15) is 9.59 Å². The van der Waals surface area contributed by atoms with Gasteiger partial charge in [0.05, 0.1) is 19.8 Å². The summed E-state index contributed by atoms with van der Waals surface area (Å²) in [5.74, 6) is -0.479. The number of carbonyl (C=O) groups excluding carboxylic acids is 2. The SMILES string of the molecule is COC(=O)/C=C\C1COC(C)(C)N1C(=O)OCc1ccccc1. The Bertz CT molecular complexity index is 582. The van der Waals surface area contributed by atoms with Gasteiger partial charge in [-0.3, -0.25) is 4.90 Å². The van der Waals surface area contributed by atoms with Gasteiger partial charge in [0.1, 0.15) is 12.3 Å². The normalized spacial score (nSPS) is 19.8. The van der Waals surface area contributed by atoms with Crippen LogP contribution in [-0.4, -0.2) is 42.4 Å². The lowest BCUT2D eigenvalue weighted by atomic mass is 10.2. The van der Waals surface area contributed by atoms with Gasteiger partial charge >= 0.3 is 12.1 Å². The molecule has 1 saturated heterocycles. The number of ether oxygens (including phenoxy) is 3. The van der Waals surface area contributed by atoms with Crippen LogP contribution in [0.3, 0.4) is 0 Å². The third-order valence-electron chi connectivity index (χ3n) is 3.58. The first-order valence-corrected chi connectivity index (χ1v) is 7.34. The van der Waals surface area contributed by atoms with Crippen LogP contribution in [0.4, 0.5) is 4.79 Å². The molecule has 1 aromatic carbocycles. The van der Waals surface area contributed by atoms with E-state index in [1.54, 1.807) is 19.9 Å². The quantitative estimate of drug-likeness (QED) is 0.630. The smallest absolute Gasteiger partial charge is 0.412 e. The summed E-state index contributed by atoms with van der Waals surface area (Å²) in [4.78, 5) is 25.1. The number of hydrogen-bond acceptors (Lipinski definition) is 5. The topological polar surface area (TPSA) is 65.1 Å². The molecule has 1 fully saturated rings. The number of rotatable bonds is 4. The minimum Gasteiger partial charge on any atom is -0.466 e. The molecule has 0 aromatic heterocycles. The highest BCUT2D eigenvalue weighted by molar-refractivity contribution is 5.82. The zero-order valence-electron chi connectivity index (χ0n) is 13.5. The van der Waals surface area contributed by atoms with Crippen LogP contribution in [-0.2, 0) is 25.6 Å². The van der Waals surface area contributed by atoms with Gasteiger partial charge in [-0.15, -0.1) is 0 Å². The first-order valence-electron chi connectivity index (χ1n) is 7.34. The zero-order chi connectivity index (χ0) is 16.9. The predicted molar refractivity (Wildman–Crippen MR) is 83.4 cm³/mol. The van der Waals surface area contributed by atoms with E-state index in [4.69, 9.17) is 9.47 Å². The molecule has 0 N–H and O–H groups in total. The molecular formula is C17H21NO5. The summed E-state index contributed by atoms with van der Waals surface area (Å²) in [5, 5.41) is 0. The van der Waals surface area contributed by atoms with Gasteiger partial charge in [0.25, 0.3) is 0 Å². The maximum absolute atomic E-state index is 12.4. The minimum atomic E-state index is -0.807. The number of amides is 1. The van der Waals surface area contributed by atoms with Gasteiger partial charge in [-0.25, -0.2) is 9.59 Å². The van der Waals surface area contributed by atoms with Crippen molar-refractivity contribution in [2.45, 2.75) is 32.2 Å². The van der Waals surface area contributed by atoms with E-state index in [-0.39, 0.29) is 12.6 Å². The largest absolute Gasteiger partial charge is 0.466 e. The first-order chi connectivity index (χ1) is 10.9. The van der Waals surface area contributed by atoms with Crippen molar-refractivity contribution >= 4 is 12.1 Å². The molecule has 0 aliphatic carbocycles. The Morgan fingerprint density at radius 2 is 2.04 bits per heavy atom. The number of carbonyl (C=O) groups is 2. The fourth-order valence-corrected chi connectivity index (χ4v) is 2.38. The lowest BCUT2D eigenvalue weighted by Gasteiger charge is -2.31. The molecule has 0 saturated carbocycles. The van der Waals surface area contributed by atoms with Gasteiger partial charge in [0.2, 0.25) is 0 Å². The van der Waals surface area contributed by atoms with Crippen LogP contribution in [0.25, 0.3) is 0 Å². The van der Waals surface area contributed by atoms with Gasteiger partial charge in [-0.1, -0.05) is 36.4 Å². The minimum absolute atomic E-state index is 0.180. The van der Waals surface area contributed by atoms with E-state index < -0.39 is 17.8 Å². The summed E-state index contributed by atoms with van der Waals surface area (Å²) in [7, 11) is 1.30. The van der Waals surface area contributed by atoms with E-state index in [0.717, 1.165) is 5.56 Å². The fraction of sp³-hybridized carbons (Fsp3) is 0.412. The average molecular weight is 319 g/mol. The molecule has 0 spiro atoms. The number of esters is 1. The van der Waals surface area contributed by atoms with Crippen molar-refractivity contribution in [3.05, 3.63) is 48.0 Å². The highest BCUT2D eigenvalue weighted by atomic mass is 16.6. The summed E-state index contributed by atoms with van der Waals surface area (Å²) in [6.45, 7) is 4.03. The number of nitrogens with zero attached hydrogens (tertiary/aromatic N) is 1. The van der Waals surface area contributed by atoms with E-state index in [2.05, 4.69) is 4.74 Å². The van der Waals surface area contributed by atoms with E-state index in [1.165, 1.54) is 18.1 Å². The van der Waals surface area contributed by atoms with Crippen LogP contribution in [0.2, 0.25) is 0 Å². The van der Waals surface area contributed by atoms with Gasteiger partial charge in [0.15, 0.2) is 0 Å². The second-order valence-electron chi connectivity index (χ2n) is 5.62. The first kappa shape index (κ1) is 17.0. The van der Waals surface area contributed by atoms with Crippen LogP contribution in [0.5, 0.6) is 0 Å². The molecule has 0 radical (unpaired) electrons. The zero-order valence-corrected chi connectivity index (χ0v) is 13.5. The highest BCUT2D eigenvalue weighted by Gasteiger charge is 2.43. The van der Waals surface area contributed by atoms with Crippen molar-refractivity contribution in [1.29, 1.82) is 0 Å². The number of methoxy groups -OCH3 is 1. The molecule has 124 valence electrons. The van der Waals surface area contributed by atoms with E-state index >= 15 is 0 Å². The van der Waals surface area contributed by atoms with Crippen molar-refractivity contribution in [2.24, 2.45) is 0 Å². The standard InChI is InChI=1S/C17H21NO5/c1-17(2)18(14(12-23-17)9-10-15(19)21-3)16(20)22-11-13-7-5-4-6-8-13/h4-10,14H,11-12H2,1-3H3/b10-9-. The molecule has 1 unspecified atom stereocenters. The van der Waals surface area contributed by atoms with E-state index in [1.807, 2.05) is 30.3 Å². The molecule has 23 heavy (non-hydrogen) atoms. The van der Waals surface area contributed by atoms with Crippen molar-refractivity contribution in [3.63, 3.8) is 0 Å². The Kier molecular flexibility index (Phi) is 5.39. The lowest BCUT2D eigenvalue weighted by molar-refractivity contribution is -0.134. The third-order valence-corrected chi connectivity index (χ3v) is 3.58.